The number of nitrogens with zero attached hydrogens (tertiary/aromatic N) is 1. The summed E-state index contributed by atoms with van der Waals surface area (Å²) in [6.45, 7) is 4.37. The molecule has 1 heterocycles. The molecule has 0 aromatic heterocycles. The highest BCUT2D eigenvalue weighted by atomic mass is 16.5. The van der Waals surface area contributed by atoms with E-state index in [1.165, 1.54) is 64.6 Å². The summed E-state index contributed by atoms with van der Waals surface area (Å²) in [5.41, 5.74) is 0.584. The lowest BCUT2D eigenvalue weighted by atomic mass is 9.88. The Labute approximate surface area is 163 Å². The standard InChI is InChI=1S/C22H34N2O3/c1-26-20-12-19(13-21(14-20)27-2)22(25)23-15-17-8-10-24(11-9-17)16-18-6-4-3-5-7-18/h12-14,17-18H,3-11,15-16H2,1-2H3,(H,23,25). The van der Waals surface area contributed by atoms with Crippen LogP contribution in [0, 0.1) is 11.8 Å². The number of hydrogen-bond donors (Lipinski definition) is 1. The number of piperidine rings is 1. The quantitative estimate of drug-likeness (QED) is 0.790. The second kappa shape index (κ2) is 9.98. The molecule has 1 aromatic carbocycles. The van der Waals surface area contributed by atoms with Crippen molar-refractivity contribution in [3.8, 4) is 11.5 Å². The van der Waals surface area contributed by atoms with Crippen LogP contribution in [0.15, 0.2) is 18.2 Å². The van der Waals surface area contributed by atoms with E-state index in [9.17, 15) is 4.79 Å². The van der Waals surface area contributed by atoms with E-state index >= 15 is 0 Å². The maximum atomic E-state index is 12.5. The molecular formula is C22H34N2O3. The van der Waals surface area contributed by atoms with Crippen LogP contribution in [0.5, 0.6) is 11.5 Å². The van der Waals surface area contributed by atoms with Crippen LogP contribution in [0.3, 0.4) is 0 Å². The lowest BCUT2D eigenvalue weighted by Gasteiger charge is -2.35. The number of rotatable bonds is 7. The number of amides is 1. The first kappa shape index (κ1) is 20.0. The SMILES string of the molecule is COc1cc(OC)cc(C(=O)NCC2CCN(CC3CCCCC3)CC2)c1. The van der Waals surface area contributed by atoms with Crippen molar-refractivity contribution in [1.82, 2.24) is 10.2 Å². The summed E-state index contributed by atoms with van der Waals surface area (Å²) < 4.78 is 10.5. The summed E-state index contributed by atoms with van der Waals surface area (Å²) in [5.74, 6) is 2.70. The fraction of sp³-hybridized carbons (Fsp3) is 0.682. The molecule has 1 aromatic rings. The van der Waals surface area contributed by atoms with Gasteiger partial charge >= 0.3 is 0 Å². The summed E-state index contributed by atoms with van der Waals surface area (Å²) in [6.07, 6.45) is 9.45. The van der Waals surface area contributed by atoms with Gasteiger partial charge in [-0.05, 0) is 62.7 Å². The van der Waals surface area contributed by atoms with E-state index < -0.39 is 0 Å². The predicted octanol–water partition coefficient (Wildman–Crippen LogP) is 3.73. The lowest BCUT2D eigenvalue weighted by molar-refractivity contribution is 0.0930. The zero-order valence-electron chi connectivity index (χ0n) is 16.8. The molecule has 1 aliphatic heterocycles. The van der Waals surface area contributed by atoms with E-state index in [2.05, 4.69) is 10.2 Å². The van der Waals surface area contributed by atoms with Crippen molar-refractivity contribution in [2.75, 3.05) is 40.4 Å². The molecular weight excluding hydrogens is 340 g/mol. The number of nitrogens with one attached hydrogen (secondary N) is 1. The Morgan fingerprint density at radius 3 is 2.19 bits per heavy atom. The van der Waals surface area contributed by atoms with Gasteiger partial charge in [-0.15, -0.1) is 0 Å². The average molecular weight is 375 g/mol. The molecule has 1 amide bonds. The smallest absolute Gasteiger partial charge is 0.251 e. The summed E-state index contributed by atoms with van der Waals surface area (Å²) in [7, 11) is 3.19. The van der Waals surface area contributed by atoms with E-state index in [4.69, 9.17) is 9.47 Å². The first-order chi connectivity index (χ1) is 13.2. The Morgan fingerprint density at radius 2 is 1.59 bits per heavy atom. The van der Waals surface area contributed by atoms with Gasteiger partial charge in [-0.25, -0.2) is 0 Å². The molecule has 2 fully saturated rings. The Morgan fingerprint density at radius 1 is 0.963 bits per heavy atom. The van der Waals surface area contributed by atoms with E-state index in [-0.39, 0.29) is 5.91 Å². The summed E-state index contributed by atoms with van der Waals surface area (Å²) in [4.78, 5) is 15.2. The number of benzene rings is 1. The Kier molecular flexibility index (Phi) is 7.39. The maximum Gasteiger partial charge on any atom is 0.251 e. The van der Waals surface area contributed by atoms with Crippen LogP contribution in [0.25, 0.3) is 0 Å². The number of hydrogen-bond acceptors (Lipinski definition) is 4. The predicted molar refractivity (Wildman–Crippen MR) is 108 cm³/mol. The fourth-order valence-electron chi connectivity index (χ4n) is 4.39. The summed E-state index contributed by atoms with van der Waals surface area (Å²) in [6, 6.07) is 5.29. The molecule has 2 aliphatic rings. The zero-order chi connectivity index (χ0) is 19.1. The molecule has 3 rings (SSSR count). The molecule has 5 heteroatoms. The minimum Gasteiger partial charge on any atom is -0.497 e. The third kappa shape index (κ3) is 5.86. The van der Waals surface area contributed by atoms with Gasteiger partial charge in [0.25, 0.3) is 5.91 Å². The minimum atomic E-state index is -0.0585. The van der Waals surface area contributed by atoms with Crippen LogP contribution in [0.4, 0.5) is 0 Å². The first-order valence-corrected chi connectivity index (χ1v) is 10.4. The van der Waals surface area contributed by atoms with Crippen LogP contribution in [0.1, 0.15) is 55.3 Å². The molecule has 0 radical (unpaired) electrons. The van der Waals surface area contributed by atoms with Gasteiger partial charge in [-0.1, -0.05) is 19.3 Å². The Balaban J connectivity index is 1.42. The van der Waals surface area contributed by atoms with Gasteiger partial charge in [0.15, 0.2) is 0 Å². The van der Waals surface area contributed by atoms with Crippen molar-refractivity contribution in [3.05, 3.63) is 23.8 Å². The average Bonchev–Trinajstić information content (AvgIpc) is 2.73. The van der Waals surface area contributed by atoms with Crippen molar-refractivity contribution in [3.63, 3.8) is 0 Å². The van der Waals surface area contributed by atoms with Crippen molar-refractivity contribution < 1.29 is 14.3 Å². The molecule has 0 bridgehead atoms. The first-order valence-electron chi connectivity index (χ1n) is 10.4. The van der Waals surface area contributed by atoms with E-state index in [1.807, 2.05) is 0 Å². The highest BCUT2D eigenvalue weighted by molar-refractivity contribution is 5.95. The minimum absolute atomic E-state index is 0.0585. The number of carbonyl (C=O) groups excluding carboxylic acids is 1. The molecule has 150 valence electrons. The van der Waals surface area contributed by atoms with Gasteiger partial charge in [-0.2, -0.15) is 0 Å². The molecule has 1 saturated carbocycles. The normalized spacial score (nSPS) is 19.6. The van der Waals surface area contributed by atoms with Crippen LogP contribution >= 0.6 is 0 Å². The van der Waals surface area contributed by atoms with Crippen molar-refractivity contribution >= 4 is 5.91 Å². The Bertz CT molecular complexity index is 583. The van der Waals surface area contributed by atoms with E-state index in [1.54, 1.807) is 32.4 Å². The third-order valence-corrected chi connectivity index (χ3v) is 6.11. The van der Waals surface area contributed by atoms with Crippen LogP contribution < -0.4 is 14.8 Å². The fourth-order valence-corrected chi connectivity index (χ4v) is 4.39. The third-order valence-electron chi connectivity index (χ3n) is 6.11. The van der Waals surface area contributed by atoms with E-state index in [0.29, 0.717) is 23.0 Å². The van der Waals surface area contributed by atoms with Crippen LogP contribution in [-0.2, 0) is 0 Å². The molecule has 27 heavy (non-hydrogen) atoms. The van der Waals surface area contributed by atoms with Crippen LogP contribution in [-0.4, -0.2) is 51.2 Å². The largest absolute Gasteiger partial charge is 0.497 e. The molecule has 0 atom stereocenters. The molecule has 1 N–H and O–H groups in total. The number of carbonyl (C=O) groups is 1. The highest BCUT2D eigenvalue weighted by Crippen LogP contribution is 2.26. The summed E-state index contributed by atoms with van der Waals surface area (Å²) in [5, 5.41) is 3.10. The zero-order valence-corrected chi connectivity index (χ0v) is 16.8. The van der Waals surface area contributed by atoms with Gasteiger partial charge in [0.05, 0.1) is 14.2 Å². The van der Waals surface area contributed by atoms with Crippen LogP contribution in [0.2, 0.25) is 0 Å². The monoisotopic (exact) mass is 374 g/mol. The van der Waals surface area contributed by atoms with Crippen molar-refractivity contribution in [1.29, 1.82) is 0 Å². The maximum absolute atomic E-state index is 12.5. The second-order valence-corrected chi connectivity index (χ2v) is 8.06. The number of likely N-dealkylation sites (tertiary alicyclic amines) is 1. The van der Waals surface area contributed by atoms with Gasteiger partial charge < -0.3 is 19.7 Å². The topological polar surface area (TPSA) is 50.8 Å². The van der Waals surface area contributed by atoms with Gasteiger partial charge in [0.1, 0.15) is 11.5 Å². The van der Waals surface area contributed by atoms with Gasteiger partial charge in [-0.3, -0.25) is 4.79 Å². The van der Waals surface area contributed by atoms with Crippen molar-refractivity contribution in [2.24, 2.45) is 11.8 Å². The molecule has 1 saturated heterocycles. The van der Waals surface area contributed by atoms with E-state index in [0.717, 1.165) is 12.5 Å². The van der Waals surface area contributed by atoms with Gasteiger partial charge in [0, 0.05) is 24.7 Å². The van der Waals surface area contributed by atoms with Gasteiger partial charge in [0.2, 0.25) is 0 Å². The molecule has 1 aliphatic carbocycles. The molecule has 0 spiro atoms. The molecule has 0 unspecified atom stereocenters. The Hall–Kier alpha value is -1.75. The number of ether oxygens (including phenoxy) is 2. The van der Waals surface area contributed by atoms with Crippen molar-refractivity contribution in [2.45, 2.75) is 44.9 Å². The molecule has 5 nitrogen and oxygen atoms in total. The lowest BCUT2D eigenvalue weighted by Crippen LogP contribution is -2.40. The second-order valence-electron chi connectivity index (χ2n) is 8.06. The summed E-state index contributed by atoms with van der Waals surface area (Å²) >= 11 is 0. The number of methoxy groups -OCH3 is 2. The highest BCUT2D eigenvalue weighted by Gasteiger charge is 2.23.